The third-order valence-electron chi connectivity index (χ3n) is 8.88. The molecule has 0 bridgehead atoms. The van der Waals surface area contributed by atoms with Crippen LogP contribution >= 0.6 is 0 Å². The minimum atomic E-state index is 0.376. The van der Waals surface area contributed by atoms with Gasteiger partial charge in [0.05, 0.1) is 0 Å². The van der Waals surface area contributed by atoms with Gasteiger partial charge in [0.15, 0.2) is 0 Å². The van der Waals surface area contributed by atoms with Gasteiger partial charge in [0.1, 0.15) is 0 Å². The van der Waals surface area contributed by atoms with Gasteiger partial charge in [-0.15, -0.1) is 0 Å². The van der Waals surface area contributed by atoms with E-state index in [9.17, 15) is 0 Å². The van der Waals surface area contributed by atoms with Crippen molar-refractivity contribution in [1.29, 1.82) is 0 Å². The average molecular weight is 378 g/mol. The van der Waals surface area contributed by atoms with Crippen LogP contribution in [0.1, 0.15) is 131 Å². The van der Waals surface area contributed by atoms with Crippen molar-refractivity contribution in [3.63, 3.8) is 0 Å². The third-order valence-corrected chi connectivity index (χ3v) is 8.88. The maximum atomic E-state index is 4.36. The summed E-state index contributed by atoms with van der Waals surface area (Å²) in [6, 6.07) is 0. The summed E-state index contributed by atoms with van der Waals surface area (Å²) in [6.45, 7) is 13.7. The van der Waals surface area contributed by atoms with Gasteiger partial charge in [0, 0.05) is 5.54 Å². The lowest BCUT2D eigenvalue weighted by molar-refractivity contribution is -0.0549. The molecule has 27 heavy (non-hydrogen) atoms. The van der Waals surface area contributed by atoms with Gasteiger partial charge >= 0.3 is 0 Å². The number of hydrogen-bond acceptors (Lipinski definition) is 1. The highest BCUT2D eigenvalue weighted by Gasteiger charge is 2.55. The van der Waals surface area contributed by atoms with E-state index in [4.69, 9.17) is 0 Å². The first-order valence-corrected chi connectivity index (χ1v) is 12.8. The van der Waals surface area contributed by atoms with Crippen molar-refractivity contribution in [3.05, 3.63) is 0 Å². The van der Waals surface area contributed by atoms with Gasteiger partial charge in [0.25, 0.3) is 0 Å². The minimum absolute atomic E-state index is 0.376. The zero-order chi connectivity index (χ0) is 19.8. The van der Waals surface area contributed by atoms with Gasteiger partial charge in [-0.05, 0) is 68.2 Å². The van der Waals surface area contributed by atoms with Gasteiger partial charge in [-0.25, -0.2) is 0 Å². The molecular weight excluding hydrogens is 326 g/mol. The van der Waals surface area contributed by atoms with E-state index in [1.54, 1.807) is 0 Å². The summed E-state index contributed by atoms with van der Waals surface area (Å²) in [6.07, 6.45) is 21.4. The molecule has 2 fully saturated rings. The summed E-state index contributed by atoms with van der Waals surface area (Å²) in [4.78, 5) is 0. The molecule has 2 aliphatic rings. The monoisotopic (exact) mass is 377 g/mol. The SMILES string of the molecule is CCCC(C)C12CCCCCCCC1(C(C)CCC)NCCC(CC)CC2. The molecule has 1 saturated carbocycles. The third kappa shape index (κ3) is 5.12. The topological polar surface area (TPSA) is 12.0 Å². The zero-order valence-electron chi connectivity index (χ0n) is 19.5. The maximum absolute atomic E-state index is 4.36. The van der Waals surface area contributed by atoms with Crippen molar-refractivity contribution in [2.75, 3.05) is 6.54 Å². The molecule has 5 atom stereocenters. The molecule has 1 aliphatic carbocycles. The zero-order valence-corrected chi connectivity index (χ0v) is 19.5. The molecule has 0 radical (unpaired) electrons. The first-order valence-electron chi connectivity index (χ1n) is 12.8. The van der Waals surface area contributed by atoms with E-state index in [2.05, 4.69) is 39.9 Å². The lowest BCUT2D eigenvalue weighted by Crippen LogP contribution is -2.65. The number of rotatable bonds is 7. The molecule has 0 amide bonds. The number of nitrogens with one attached hydrogen (secondary N) is 1. The highest BCUT2D eigenvalue weighted by atomic mass is 15.0. The van der Waals surface area contributed by atoms with Crippen molar-refractivity contribution in [2.45, 2.75) is 136 Å². The Bertz CT molecular complexity index is 405. The van der Waals surface area contributed by atoms with Crippen LogP contribution in [-0.2, 0) is 0 Å². The van der Waals surface area contributed by atoms with Gasteiger partial charge < -0.3 is 5.32 Å². The Hall–Kier alpha value is -0.0400. The molecule has 1 N–H and O–H groups in total. The van der Waals surface area contributed by atoms with Crippen LogP contribution < -0.4 is 5.32 Å². The second kappa shape index (κ2) is 11.2. The lowest BCUT2D eigenvalue weighted by Gasteiger charge is -2.60. The van der Waals surface area contributed by atoms with E-state index < -0.39 is 0 Å². The molecule has 1 saturated heterocycles. The molecule has 1 nitrogen and oxygen atoms in total. The molecule has 0 aromatic heterocycles. The average Bonchev–Trinajstić information content (AvgIpc) is 2.73. The summed E-state index contributed by atoms with van der Waals surface area (Å²) < 4.78 is 0. The van der Waals surface area contributed by atoms with Crippen LogP contribution in [-0.4, -0.2) is 12.1 Å². The van der Waals surface area contributed by atoms with Crippen LogP contribution in [0.3, 0.4) is 0 Å². The smallest absolute Gasteiger partial charge is 0.0265 e. The maximum Gasteiger partial charge on any atom is 0.0265 e. The Balaban J connectivity index is 2.51. The molecular formula is C26H51N. The van der Waals surface area contributed by atoms with Crippen molar-refractivity contribution in [1.82, 2.24) is 5.32 Å². The summed E-state index contributed by atoms with van der Waals surface area (Å²) in [5.74, 6) is 2.59. The minimum Gasteiger partial charge on any atom is -0.310 e. The lowest BCUT2D eigenvalue weighted by atomic mass is 9.51. The van der Waals surface area contributed by atoms with E-state index in [1.165, 1.54) is 103 Å². The molecule has 1 heteroatoms. The van der Waals surface area contributed by atoms with Crippen LogP contribution in [0.5, 0.6) is 0 Å². The van der Waals surface area contributed by atoms with Crippen LogP contribution in [0.4, 0.5) is 0 Å². The fourth-order valence-corrected chi connectivity index (χ4v) is 7.21. The van der Waals surface area contributed by atoms with Crippen LogP contribution in [0, 0.1) is 23.2 Å². The normalized spacial score (nSPS) is 35.7. The molecule has 160 valence electrons. The molecule has 0 aromatic carbocycles. The Morgan fingerprint density at radius 1 is 0.778 bits per heavy atom. The highest BCUT2D eigenvalue weighted by molar-refractivity contribution is 5.10. The van der Waals surface area contributed by atoms with Crippen LogP contribution in [0.25, 0.3) is 0 Å². The largest absolute Gasteiger partial charge is 0.310 e. The quantitative estimate of drug-likeness (QED) is 0.472. The standard InChI is InChI=1S/C26H51N/c1-6-14-22(4)25-18-12-10-9-11-13-19-26(25,23(5)15-7-2)27-21-17-24(8-3)16-20-25/h22-24,27H,6-21H2,1-5H3. The predicted molar refractivity (Wildman–Crippen MR) is 121 cm³/mol. The van der Waals surface area contributed by atoms with E-state index >= 15 is 0 Å². The van der Waals surface area contributed by atoms with Crippen LogP contribution in [0.2, 0.25) is 0 Å². The van der Waals surface area contributed by atoms with Gasteiger partial charge in [0.2, 0.25) is 0 Å². The van der Waals surface area contributed by atoms with E-state index in [0.717, 1.165) is 17.8 Å². The van der Waals surface area contributed by atoms with Gasteiger partial charge in [-0.3, -0.25) is 0 Å². The van der Waals surface area contributed by atoms with Gasteiger partial charge in [-0.1, -0.05) is 92.4 Å². The summed E-state index contributed by atoms with van der Waals surface area (Å²) >= 11 is 0. The van der Waals surface area contributed by atoms with Crippen molar-refractivity contribution < 1.29 is 0 Å². The number of hydrogen-bond donors (Lipinski definition) is 1. The fraction of sp³-hybridized carbons (Fsp3) is 1.00. The van der Waals surface area contributed by atoms with Crippen LogP contribution in [0.15, 0.2) is 0 Å². The Labute approximate surface area is 171 Å². The second-order valence-corrected chi connectivity index (χ2v) is 10.3. The van der Waals surface area contributed by atoms with E-state index in [0.29, 0.717) is 11.0 Å². The molecule has 1 aliphatic heterocycles. The summed E-state index contributed by atoms with van der Waals surface area (Å²) in [5, 5.41) is 4.36. The first-order chi connectivity index (χ1) is 13.1. The van der Waals surface area contributed by atoms with Gasteiger partial charge in [-0.2, -0.15) is 0 Å². The predicted octanol–water partition coefficient (Wildman–Crippen LogP) is 8.13. The summed E-state index contributed by atoms with van der Waals surface area (Å²) in [7, 11) is 0. The van der Waals surface area contributed by atoms with Crippen molar-refractivity contribution in [3.8, 4) is 0 Å². The molecule has 0 aromatic rings. The molecule has 5 unspecified atom stereocenters. The van der Waals surface area contributed by atoms with Crippen molar-refractivity contribution >= 4 is 0 Å². The summed E-state index contributed by atoms with van der Waals surface area (Å²) in [5.41, 5.74) is 0.885. The highest BCUT2D eigenvalue weighted by Crippen LogP contribution is 2.56. The Morgan fingerprint density at radius 2 is 1.41 bits per heavy atom. The fourth-order valence-electron chi connectivity index (χ4n) is 7.21. The first kappa shape index (κ1) is 23.2. The Kier molecular flexibility index (Phi) is 9.66. The second-order valence-electron chi connectivity index (χ2n) is 10.3. The number of fused-ring (bicyclic) bond motifs is 1. The van der Waals surface area contributed by atoms with E-state index in [1.807, 2.05) is 0 Å². The molecule has 2 rings (SSSR count). The Morgan fingerprint density at radius 3 is 2.07 bits per heavy atom. The van der Waals surface area contributed by atoms with Crippen molar-refractivity contribution in [2.24, 2.45) is 23.2 Å². The molecule has 1 heterocycles. The van der Waals surface area contributed by atoms with E-state index in [-0.39, 0.29) is 0 Å². The molecule has 0 spiro atoms.